The van der Waals surface area contributed by atoms with Crippen LogP contribution in [0, 0.1) is 6.92 Å². The fourth-order valence-corrected chi connectivity index (χ4v) is 3.33. The van der Waals surface area contributed by atoms with Crippen LogP contribution < -0.4 is 21.3 Å². The van der Waals surface area contributed by atoms with E-state index in [0.29, 0.717) is 0 Å². The van der Waals surface area contributed by atoms with Gasteiger partial charge in [-0.15, -0.1) is 0 Å². The Morgan fingerprint density at radius 1 is 1.04 bits per heavy atom. The Hall–Kier alpha value is -2.55. The molecule has 9 heteroatoms. The van der Waals surface area contributed by atoms with E-state index in [4.69, 9.17) is 5.73 Å². The highest BCUT2D eigenvalue weighted by atomic mass is 32.2. The summed E-state index contributed by atoms with van der Waals surface area (Å²) in [6.45, 7) is 1.83. The van der Waals surface area contributed by atoms with Gasteiger partial charge < -0.3 is 5.73 Å². The second-order valence-electron chi connectivity index (χ2n) is 5.23. The normalized spacial score (nSPS) is 11.5. The van der Waals surface area contributed by atoms with Gasteiger partial charge in [0.25, 0.3) is 15.6 Å². The van der Waals surface area contributed by atoms with E-state index in [1.54, 1.807) is 12.1 Å². The number of hydrogen-bond acceptors (Lipinski definition) is 5. The molecule has 1 heterocycles. The van der Waals surface area contributed by atoms with Gasteiger partial charge in [0.15, 0.2) is 5.69 Å². The zero-order chi connectivity index (χ0) is 17.5. The molecule has 2 aromatic rings. The topological polar surface area (TPSA) is 107 Å². The second-order valence-corrected chi connectivity index (χ2v) is 7.19. The highest BCUT2D eigenvalue weighted by molar-refractivity contribution is 7.92. The van der Waals surface area contributed by atoms with E-state index in [-0.39, 0.29) is 16.4 Å². The fourth-order valence-electron chi connectivity index (χ4n) is 2.13. The molecule has 0 atom stereocenters. The number of sulfonamides is 1. The van der Waals surface area contributed by atoms with E-state index >= 15 is 0 Å². The van der Waals surface area contributed by atoms with Crippen molar-refractivity contribution < 1.29 is 8.42 Å². The van der Waals surface area contributed by atoms with Crippen LogP contribution in [0.15, 0.2) is 38.8 Å². The molecule has 1 aromatic carbocycles. The Balaban J connectivity index is 2.70. The molecule has 0 aliphatic rings. The molecule has 0 aliphatic heterocycles. The highest BCUT2D eigenvalue weighted by Crippen LogP contribution is 2.23. The van der Waals surface area contributed by atoms with Crippen LogP contribution in [0.3, 0.4) is 0 Å². The van der Waals surface area contributed by atoms with Gasteiger partial charge in [-0.2, -0.15) is 0 Å². The molecule has 0 saturated heterocycles. The number of nitrogens with zero attached hydrogens (tertiary/aromatic N) is 3. The van der Waals surface area contributed by atoms with E-state index in [9.17, 15) is 18.0 Å². The van der Waals surface area contributed by atoms with Crippen molar-refractivity contribution in [2.24, 2.45) is 14.1 Å². The Morgan fingerprint density at radius 2 is 1.57 bits per heavy atom. The van der Waals surface area contributed by atoms with Crippen molar-refractivity contribution in [3.8, 4) is 0 Å². The Kier molecular flexibility index (Phi) is 4.08. The van der Waals surface area contributed by atoms with Crippen LogP contribution in [0.4, 0.5) is 11.5 Å². The maximum Gasteiger partial charge on any atom is 0.332 e. The maximum atomic E-state index is 12.7. The molecule has 124 valence electrons. The van der Waals surface area contributed by atoms with Gasteiger partial charge in [0.2, 0.25) is 0 Å². The van der Waals surface area contributed by atoms with Crippen LogP contribution in [-0.2, 0) is 24.1 Å². The van der Waals surface area contributed by atoms with Crippen molar-refractivity contribution in [1.29, 1.82) is 0 Å². The quantitative estimate of drug-likeness (QED) is 0.834. The monoisotopic (exact) mass is 338 g/mol. The van der Waals surface area contributed by atoms with Crippen LogP contribution in [0.2, 0.25) is 0 Å². The van der Waals surface area contributed by atoms with E-state index in [1.807, 2.05) is 6.92 Å². The molecule has 0 radical (unpaired) electrons. The van der Waals surface area contributed by atoms with Gasteiger partial charge in [-0.3, -0.25) is 18.2 Å². The van der Waals surface area contributed by atoms with E-state index < -0.39 is 21.3 Å². The lowest BCUT2D eigenvalue weighted by molar-refractivity contribution is 0.593. The van der Waals surface area contributed by atoms with Crippen molar-refractivity contribution >= 4 is 21.5 Å². The smallest absolute Gasteiger partial charge is 0.332 e. The average Bonchev–Trinajstić information content (AvgIpc) is 2.51. The lowest BCUT2D eigenvalue weighted by Gasteiger charge is -2.22. The van der Waals surface area contributed by atoms with Gasteiger partial charge in [-0.25, -0.2) is 13.2 Å². The van der Waals surface area contributed by atoms with E-state index in [2.05, 4.69) is 0 Å². The molecule has 0 spiro atoms. The van der Waals surface area contributed by atoms with Crippen molar-refractivity contribution in [2.45, 2.75) is 11.8 Å². The number of benzene rings is 1. The first kappa shape index (κ1) is 16.8. The number of rotatable bonds is 3. The highest BCUT2D eigenvalue weighted by Gasteiger charge is 2.27. The van der Waals surface area contributed by atoms with Gasteiger partial charge in [-0.05, 0) is 19.1 Å². The average molecular weight is 338 g/mol. The van der Waals surface area contributed by atoms with Crippen molar-refractivity contribution in [3.63, 3.8) is 0 Å². The zero-order valence-corrected chi connectivity index (χ0v) is 14.1. The number of anilines is 2. The molecule has 2 N–H and O–H groups in total. The molecular formula is C14H18N4O4S. The standard InChI is InChI=1S/C14H18N4O4S/c1-9-5-7-10(8-6-9)23(21,22)18(4)11-12(15)16(2)14(20)17(3)13(11)19/h5-8H,15H2,1-4H3. The van der Waals surface area contributed by atoms with E-state index in [0.717, 1.165) is 19.0 Å². The first-order valence-electron chi connectivity index (χ1n) is 6.70. The minimum absolute atomic E-state index is 0.0286. The Morgan fingerprint density at radius 3 is 2.09 bits per heavy atom. The third-order valence-corrected chi connectivity index (χ3v) is 5.45. The summed E-state index contributed by atoms with van der Waals surface area (Å²) in [5.74, 6) is -0.212. The fraction of sp³-hybridized carbons (Fsp3) is 0.286. The first-order chi connectivity index (χ1) is 10.6. The predicted molar refractivity (Wildman–Crippen MR) is 88.1 cm³/mol. The molecule has 23 heavy (non-hydrogen) atoms. The number of nitrogen functional groups attached to an aromatic ring is 1. The van der Waals surface area contributed by atoms with Crippen molar-refractivity contribution in [2.75, 3.05) is 17.1 Å². The van der Waals surface area contributed by atoms with Gasteiger partial charge in [0, 0.05) is 21.1 Å². The summed E-state index contributed by atoms with van der Waals surface area (Å²) in [7, 11) is -0.115. The molecule has 0 aliphatic carbocycles. The summed E-state index contributed by atoms with van der Waals surface area (Å²) in [5, 5.41) is 0. The SMILES string of the molecule is Cc1ccc(S(=O)(=O)N(C)c2c(N)n(C)c(=O)n(C)c2=O)cc1. The summed E-state index contributed by atoms with van der Waals surface area (Å²) in [6.07, 6.45) is 0. The van der Waals surface area contributed by atoms with Crippen LogP contribution >= 0.6 is 0 Å². The summed E-state index contributed by atoms with van der Waals surface area (Å²) in [4.78, 5) is 24.1. The largest absolute Gasteiger partial charge is 0.383 e. The van der Waals surface area contributed by atoms with Crippen LogP contribution in [0.5, 0.6) is 0 Å². The Bertz CT molecular complexity index is 972. The Labute approximate surface area is 133 Å². The molecular weight excluding hydrogens is 320 g/mol. The van der Waals surface area contributed by atoms with Crippen LogP contribution in [0.1, 0.15) is 5.56 Å². The molecule has 1 aromatic heterocycles. The van der Waals surface area contributed by atoms with Gasteiger partial charge in [0.1, 0.15) is 5.82 Å². The van der Waals surface area contributed by atoms with Crippen LogP contribution in [-0.4, -0.2) is 24.6 Å². The number of nitrogens with two attached hydrogens (primary N) is 1. The molecule has 0 unspecified atom stereocenters. The molecule has 0 fully saturated rings. The molecule has 0 amide bonds. The lowest BCUT2D eigenvalue weighted by Crippen LogP contribution is -2.43. The maximum absolute atomic E-state index is 12.7. The van der Waals surface area contributed by atoms with E-state index in [1.165, 1.54) is 33.3 Å². The minimum Gasteiger partial charge on any atom is -0.383 e. The number of aryl methyl sites for hydroxylation is 1. The van der Waals surface area contributed by atoms with Crippen molar-refractivity contribution in [3.05, 3.63) is 50.7 Å². The molecule has 0 saturated carbocycles. The third-order valence-electron chi connectivity index (χ3n) is 3.68. The second kappa shape index (κ2) is 5.58. The molecule has 2 rings (SSSR count). The van der Waals surface area contributed by atoms with Gasteiger partial charge >= 0.3 is 5.69 Å². The third kappa shape index (κ3) is 2.63. The summed E-state index contributed by atoms with van der Waals surface area (Å²) in [5.41, 5.74) is 5.03. The van der Waals surface area contributed by atoms with Crippen molar-refractivity contribution in [1.82, 2.24) is 9.13 Å². The van der Waals surface area contributed by atoms with Gasteiger partial charge in [-0.1, -0.05) is 17.7 Å². The summed E-state index contributed by atoms with van der Waals surface area (Å²) in [6, 6.07) is 6.21. The molecule has 0 bridgehead atoms. The minimum atomic E-state index is -3.98. The van der Waals surface area contributed by atoms with Crippen LogP contribution in [0.25, 0.3) is 0 Å². The summed E-state index contributed by atoms with van der Waals surface area (Å²) < 4.78 is 28.0. The number of aromatic nitrogens is 2. The molecule has 8 nitrogen and oxygen atoms in total. The first-order valence-corrected chi connectivity index (χ1v) is 8.14. The zero-order valence-electron chi connectivity index (χ0n) is 13.3. The summed E-state index contributed by atoms with van der Waals surface area (Å²) >= 11 is 0. The number of hydrogen-bond donors (Lipinski definition) is 1. The van der Waals surface area contributed by atoms with Gasteiger partial charge in [0.05, 0.1) is 4.90 Å². The predicted octanol–water partition coefficient (Wildman–Crippen LogP) is -0.200. The lowest BCUT2D eigenvalue weighted by atomic mass is 10.2.